The summed E-state index contributed by atoms with van der Waals surface area (Å²) in [5.41, 5.74) is 8.51. The number of Topliss-reactive ketones (excluding diaryl/α,β-unsaturated/α-hetero) is 3. The van der Waals surface area contributed by atoms with E-state index in [1.807, 2.05) is 6.07 Å². The molecule has 0 heterocycles. The smallest absolute Gasteiger partial charge is 0.335 e. The molecule has 0 bridgehead atoms. The highest BCUT2D eigenvalue weighted by atomic mass is 16.5. The van der Waals surface area contributed by atoms with Crippen LogP contribution in [0.2, 0.25) is 0 Å². The Labute approximate surface area is 351 Å². The Hall–Kier alpha value is -7.92. The number of nitriles is 1. The molecule has 0 radical (unpaired) electrons. The summed E-state index contributed by atoms with van der Waals surface area (Å²) < 4.78 is 5.87. The molecule has 14 nitrogen and oxygen atoms in total. The summed E-state index contributed by atoms with van der Waals surface area (Å²) in [6.07, 6.45) is -0.946. The zero-order valence-corrected chi connectivity index (χ0v) is 33.4. The molecule has 5 aromatic rings. The molecule has 3 amide bonds. The number of aromatic hydroxyl groups is 1. The molecule has 0 saturated heterocycles. The van der Waals surface area contributed by atoms with Gasteiger partial charge in [-0.05, 0) is 91.7 Å². The third-order valence-electron chi connectivity index (χ3n) is 9.70. The average Bonchev–Trinajstić information content (AvgIpc) is 3.24. The molecule has 0 aliphatic heterocycles. The number of carbonyl (C=O) groups excluding carboxylic acids is 6. The van der Waals surface area contributed by atoms with Gasteiger partial charge < -0.3 is 31.3 Å². The standard InChI is InChI=1S/C47H42N4O10/c1-26(2)61-43-35(18-21-37(42(43)55)39(53)22-28-6-14-34(15-7-28)47(59)60)24-38(52)31-10-4-29(5-11-31)23-40(54)41(27(3)44(49)56)51-46(58)33-16-19-36(20-17-33)50-45(57)32-12-8-30(25-48)9-13-32/h4-21,26-27,41,55H,22-24H2,1-3H3,(H2,49,56)(H,50,57)(H,51,58)(H,59,60)/t27-,41+/m1/s1. The zero-order valence-electron chi connectivity index (χ0n) is 33.4. The molecule has 6 N–H and O–H groups in total. The summed E-state index contributed by atoms with van der Waals surface area (Å²) in [4.78, 5) is 89.5. The van der Waals surface area contributed by atoms with E-state index in [-0.39, 0.29) is 53.0 Å². The number of nitrogens with two attached hydrogens (primary N) is 1. The zero-order chi connectivity index (χ0) is 44.4. The molecule has 14 heteroatoms. The Bertz CT molecular complexity index is 2520. The molecular formula is C47H42N4O10. The molecule has 0 fully saturated rings. The third-order valence-corrected chi connectivity index (χ3v) is 9.70. The van der Waals surface area contributed by atoms with E-state index in [9.17, 15) is 38.7 Å². The highest BCUT2D eigenvalue weighted by Gasteiger charge is 2.31. The summed E-state index contributed by atoms with van der Waals surface area (Å²) in [7, 11) is 0. The lowest BCUT2D eigenvalue weighted by Crippen LogP contribution is -2.49. The summed E-state index contributed by atoms with van der Waals surface area (Å²) in [5, 5.41) is 34.6. The van der Waals surface area contributed by atoms with Crippen LogP contribution in [-0.2, 0) is 28.9 Å². The topological polar surface area (TPSA) is 243 Å². The van der Waals surface area contributed by atoms with Crippen LogP contribution in [0.5, 0.6) is 11.5 Å². The predicted molar refractivity (Wildman–Crippen MR) is 224 cm³/mol. The lowest BCUT2D eigenvalue weighted by molar-refractivity contribution is -0.128. The number of phenolic OH excluding ortho intramolecular Hbond substituents is 1. The van der Waals surface area contributed by atoms with Crippen molar-refractivity contribution < 1.29 is 48.5 Å². The number of nitrogens with zero attached hydrogens (tertiary/aromatic N) is 1. The number of carboxylic acid groups (broad SMARTS) is 1. The van der Waals surface area contributed by atoms with Gasteiger partial charge >= 0.3 is 5.97 Å². The molecule has 310 valence electrons. The maximum Gasteiger partial charge on any atom is 0.335 e. The molecule has 61 heavy (non-hydrogen) atoms. The van der Waals surface area contributed by atoms with Gasteiger partial charge in [-0.3, -0.25) is 28.8 Å². The minimum atomic E-state index is -1.29. The number of ether oxygens (including phenoxy) is 1. The van der Waals surface area contributed by atoms with Crippen LogP contribution in [-0.4, -0.2) is 63.4 Å². The SMILES string of the molecule is CC(C)Oc1c(CC(=O)c2ccc(CC(=O)[C@@H](NC(=O)c3ccc(NC(=O)c4ccc(C#N)cc4)cc3)[C@@H](C)C(N)=O)cc2)ccc(C(=O)Cc2ccc(C(=O)O)cc2)c1O. The number of aromatic carboxylic acids is 1. The summed E-state index contributed by atoms with van der Waals surface area (Å²) in [5.74, 6) is -5.81. The fourth-order valence-electron chi connectivity index (χ4n) is 6.26. The van der Waals surface area contributed by atoms with Gasteiger partial charge in [0.2, 0.25) is 5.91 Å². The molecule has 0 aliphatic carbocycles. The second-order valence-corrected chi connectivity index (χ2v) is 14.5. The average molecular weight is 823 g/mol. The number of nitrogens with one attached hydrogen (secondary N) is 2. The van der Waals surface area contributed by atoms with E-state index in [2.05, 4.69) is 10.6 Å². The first-order chi connectivity index (χ1) is 29.0. The fraction of sp³-hybridized carbons (Fsp3) is 0.191. The molecule has 0 aliphatic rings. The summed E-state index contributed by atoms with van der Waals surface area (Å²) >= 11 is 0. The molecule has 0 spiro atoms. The first-order valence-corrected chi connectivity index (χ1v) is 19.1. The second kappa shape index (κ2) is 19.7. The van der Waals surface area contributed by atoms with E-state index >= 15 is 0 Å². The van der Waals surface area contributed by atoms with Crippen LogP contribution in [0.4, 0.5) is 5.69 Å². The van der Waals surface area contributed by atoms with Gasteiger partial charge in [0.15, 0.2) is 28.8 Å². The van der Waals surface area contributed by atoms with Gasteiger partial charge in [0.25, 0.3) is 11.8 Å². The maximum absolute atomic E-state index is 13.6. The van der Waals surface area contributed by atoms with Crippen molar-refractivity contribution in [2.24, 2.45) is 11.7 Å². The van der Waals surface area contributed by atoms with Crippen LogP contribution >= 0.6 is 0 Å². The van der Waals surface area contributed by atoms with Crippen molar-refractivity contribution >= 4 is 46.7 Å². The van der Waals surface area contributed by atoms with Crippen LogP contribution in [0.25, 0.3) is 0 Å². The monoisotopic (exact) mass is 822 g/mol. The predicted octanol–water partition coefficient (Wildman–Crippen LogP) is 5.88. The van der Waals surface area contributed by atoms with Crippen molar-refractivity contribution in [1.29, 1.82) is 5.26 Å². The quantitative estimate of drug-likeness (QED) is 0.0653. The highest BCUT2D eigenvalue weighted by molar-refractivity contribution is 6.05. The fourth-order valence-corrected chi connectivity index (χ4v) is 6.26. The van der Waals surface area contributed by atoms with E-state index in [0.717, 1.165) is 0 Å². The molecule has 2 atom stereocenters. The first kappa shape index (κ1) is 44.2. The number of anilines is 1. The molecule has 0 saturated carbocycles. The van der Waals surface area contributed by atoms with Gasteiger partial charge in [-0.1, -0.05) is 49.4 Å². The number of primary amides is 1. The van der Waals surface area contributed by atoms with Gasteiger partial charge in [-0.15, -0.1) is 0 Å². The van der Waals surface area contributed by atoms with Gasteiger partial charge in [-0.25, -0.2) is 4.79 Å². The Kier molecular flexibility index (Phi) is 14.3. The number of benzene rings is 5. The van der Waals surface area contributed by atoms with Crippen molar-refractivity contribution in [3.8, 4) is 17.6 Å². The normalized spacial score (nSPS) is 11.7. The van der Waals surface area contributed by atoms with Crippen molar-refractivity contribution in [3.63, 3.8) is 0 Å². The summed E-state index contributed by atoms with van der Waals surface area (Å²) in [6.45, 7) is 4.88. The lowest BCUT2D eigenvalue weighted by Gasteiger charge is -2.22. The van der Waals surface area contributed by atoms with Gasteiger partial charge in [0.1, 0.15) is 0 Å². The molecule has 0 unspecified atom stereocenters. The maximum atomic E-state index is 13.6. The highest BCUT2D eigenvalue weighted by Crippen LogP contribution is 2.36. The largest absolute Gasteiger partial charge is 0.504 e. The van der Waals surface area contributed by atoms with Crippen LogP contribution in [0, 0.1) is 17.2 Å². The van der Waals surface area contributed by atoms with Gasteiger partial charge in [-0.2, -0.15) is 5.26 Å². The Morgan fingerprint density at radius 2 is 1.21 bits per heavy atom. The third kappa shape index (κ3) is 11.4. The van der Waals surface area contributed by atoms with Crippen LogP contribution in [0.1, 0.15) is 94.8 Å². The Morgan fingerprint density at radius 1 is 0.672 bits per heavy atom. The van der Waals surface area contributed by atoms with E-state index in [1.165, 1.54) is 104 Å². The van der Waals surface area contributed by atoms with E-state index in [0.29, 0.717) is 33.5 Å². The number of amides is 3. The first-order valence-electron chi connectivity index (χ1n) is 19.1. The number of ketones is 3. The number of phenols is 1. The summed E-state index contributed by atoms with van der Waals surface area (Å²) in [6, 6.07) is 27.6. The second-order valence-electron chi connectivity index (χ2n) is 14.5. The van der Waals surface area contributed by atoms with E-state index in [1.54, 1.807) is 26.0 Å². The van der Waals surface area contributed by atoms with Gasteiger partial charge in [0.05, 0.1) is 40.8 Å². The molecular weight excluding hydrogens is 781 g/mol. The van der Waals surface area contributed by atoms with Gasteiger partial charge in [0, 0.05) is 47.2 Å². The number of carboxylic acids is 1. The number of carbonyl (C=O) groups is 7. The Balaban J connectivity index is 1.23. The van der Waals surface area contributed by atoms with Crippen molar-refractivity contribution in [1.82, 2.24) is 5.32 Å². The molecule has 5 aromatic carbocycles. The lowest BCUT2D eigenvalue weighted by atomic mass is 9.92. The number of rotatable bonds is 18. The molecule has 0 aromatic heterocycles. The van der Waals surface area contributed by atoms with E-state index in [4.69, 9.17) is 20.8 Å². The van der Waals surface area contributed by atoms with Crippen LogP contribution in [0.3, 0.4) is 0 Å². The minimum absolute atomic E-state index is 0.0169. The van der Waals surface area contributed by atoms with E-state index < -0.39 is 59.1 Å². The molecule has 5 rings (SSSR count). The van der Waals surface area contributed by atoms with Crippen molar-refractivity contribution in [2.75, 3.05) is 5.32 Å². The Morgan fingerprint density at radius 3 is 1.77 bits per heavy atom. The van der Waals surface area contributed by atoms with Crippen LogP contribution < -0.4 is 21.1 Å². The van der Waals surface area contributed by atoms with Crippen LogP contribution in [0.15, 0.2) is 109 Å². The number of hydrogen-bond acceptors (Lipinski definition) is 10. The number of hydrogen-bond donors (Lipinski definition) is 5. The van der Waals surface area contributed by atoms with Crippen molar-refractivity contribution in [2.45, 2.75) is 52.2 Å². The van der Waals surface area contributed by atoms with Crippen molar-refractivity contribution in [3.05, 3.63) is 159 Å². The minimum Gasteiger partial charge on any atom is -0.504 e.